The first kappa shape index (κ1) is 16.2. The fourth-order valence-electron chi connectivity index (χ4n) is 1.70. The van der Waals surface area contributed by atoms with Gasteiger partial charge in [-0.1, -0.05) is 26.0 Å². The topological polar surface area (TPSA) is 32.3 Å². The first-order chi connectivity index (χ1) is 8.24. The molecule has 0 aromatic rings. The molecule has 0 radical (unpaired) electrons. The number of carbonyl (C=O) groups excluding carboxylic acids is 1. The fourth-order valence-corrected chi connectivity index (χ4v) is 1.70. The smallest absolute Gasteiger partial charge is 0.220 e. The summed E-state index contributed by atoms with van der Waals surface area (Å²) in [5, 5.41) is 2.97. The number of nitrogens with one attached hydrogen (secondary N) is 1. The summed E-state index contributed by atoms with van der Waals surface area (Å²) in [6.07, 6.45) is 8.05. The Morgan fingerprint density at radius 1 is 1.24 bits per heavy atom. The van der Waals surface area contributed by atoms with E-state index in [1.807, 2.05) is 6.92 Å². The van der Waals surface area contributed by atoms with Crippen LogP contribution < -0.4 is 5.32 Å². The van der Waals surface area contributed by atoms with Crippen molar-refractivity contribution < 1.29 is 4.79 Å². The highest BCUT2D eigenvalue weighted by Crippen LogP contribution is 2.00. The summed E-state index contributed by atoms with van der Waals surface area (Å²) in [4.78, 5) is 13.8. The summed E-state index contributed by atoms with van der Waals surface area (Å²) >= 11 is 0. The molecule has 0 spiro atoms. The van der Waals surface area contributed by atoms with Gasteiger partial charge in [-0.3, -0.25) is 4.79 Å². The van der Waals surface area contributed by atoms with Crippen LogP contribution in [0.3, 0.4) is 0 Å². The lowest BCUT2D eigenvalue weighted by Gasteiger charge is -2.17. The maximum atomic E-state index is 11.5. The molecule has 0 atom stereocenters. The van der Waals surface area contributed by atoms with Gasteiger partial charge in [-0.15, -0.1) is 0 Å². The second-order valence-electron chi connectivity index (χ2n) is 4.19. The Balaban J connectivity index is 3.40. The minimum absolute atomic E-state index is 0.192. The van der Waals surface area contributed by atoms with Gasteiger partial charge in [-0.25, -0.2) is 0 Å². The van der Waals surface area contributed by atoms with E-state index in [1.165, 1.54) is 0 Å². The molecule has 0 fully saturated rings. The molecule has 0 saturated carbocycles. The highest BCUT2D eigenvalue weighted by molar-refractivity contribution is 5.75. The molecule has 0 aromatic heterocycles. The van der Waals surface area contributed by atoms with Crippen LogP contribution in [0.5, 0.6) is 0 Å². The van der Waals surface area contributed by atoms with E-state index in [1.54, 1.807) is 0 Å². The van der Waals surface area contributed by atoms with Crippen molar-refractivity contribution in [3.63, 3.8) is 0 Å². The van der Waals surface area contributed by atoms with Crippen LogP contribution in [-0.4, -0.2) is 37.0 Å². The van der Waals surface area contributed by atoms with Crippen LogP contribution in [0.15, 0.2) is 12.2 Å². The van der Waals surface area contributed by atoms with Crippen molar-refractivity contribution in [3.05, 3.63) is 12.2 Å². The van der Waals surface area contributed by atoms with Gasteiger partial charge in [0, 0.05) is 19.5 Å². The molecule has 100 valence electrons. The number of carbonyl (C=O) groups is 1. The number of amides is 1. The quantitative estimate of drug-likeness (QED) is 0.470. The molecule has 3 heteroatoms. The molecule has 0 saturated heterocycles. The molecule has 1 N–H and O–H groups in total. The molecule has 17 heavy (non-hydrogen) atoms. The Morgan fingerprint density at radius 3 is 2.53 bits per heavy atom. The molecule has 0 aromatic carbocycles. The molecule has 0 aliphatic heterocycles. The number of unbranched alkanes of at least 4 members (excludes halogenated alkanes) is 2. The van der Waals surface area contributed by atoms with Gasteiger partial charge in [0.15, 0.2) is 0 Å². The fraction of sp³-hybridized carbons (Fsp3) is 0.786. The summed E-state index contributed by atoms with van der Waals surface area (Å²) in [5.41, 5.74) is 0. The molecular weight excluding hydrogens is 212 g/mol. The van der Waals surface area contributed by atoms with Gasteiger partial charge in [0.25, 0.3) is 0 Å². The lowest BCUT2D eigenvalue weighted by molar-refractivity contribution is -0.121. The second-order valence-corrected chi connectivity index (χ2v) is 4.19. The van der Waals surface area contributed by atoms with Crippen LogP contribution in [-0.2, 0) is 4.79 Å². The Labute approximate surface area is 106 Å². The SMILES string of the molecule is C/C=C/CCCCC(=O)NCCN(CC)CC. The third-order valence-corrected chi connectivity index (χ3v) is 2.90. The number of hydrogen-bond donors (Lipinski definition) is 1. The zero-order valence-corrected chi connectivity index (χ0v) is 11.7. The molecule has 0 unspecified atom stereocenters. The summed E-state index contributed by atoms with van der Waals surface area (Å²) in [6.45, 7) is 10.1. The van der Waals surface area contributed by atoms with Crippen LogP contribution in [0, 0.1) is 0 Å². The van der Waals surface area contributed by atoms with E-state index in [2.05, 4.69) is 36.2 Å². The maximum absolute atomic E-state index is 11.5. The van der Waals surface area contributed by atoms with E-state index < -0.39 is 0 Å². The van der Waals surface area contributed by atoms with Crippen molar-refractivity contribution in [1.29, 1.82) is 0 Å². The summed E-state index contributed by atoms with van der Waals surface area (Å²) in [6, 6.07) is 0. The number of likely N-dealkylation sites (N-methyl/N-ethyl adjacent to an activating group) is 1. The van der Waals surface area contributed by atoms with Crippen molar-refractivity contribution >= 4 is 5.91 Å². The first-order valence-electron chi connectivity index (χ1n) is 6.84. The molecule has 3 nitrogen and oxygen atoms in total. The number of nitrogens with zero attached hydrogens (tertiary/aromatic N) is 1. The van der Waals surface area contributed by atoms with Crippen LogP contribution in [0.25, 0.3) is 0 Å². The second kappa shape index (κ2) is 11.6. The van der Waals surface area contributed by atoms with Crippen molar-refractivity contribution in [2.24, 2.45) is 0 Å². The van der Waals surface area contributed by atoms with E-state index in [0.717, 1.165) is 45.4 Å². The van der Waals surface area contributed by atoms with Gasteiger partial charge in [-0.2, -0.15) is 0 Å². The standard InChI is InChI=1S/C14H28N2O/c1-4-7-8-9-10-11-14(17)15-12-13-16(5-2)6-3/h4,7H,5-6,8-13H2,1-3H3,(H,15,17)/b7-4+. The van der Waals surface area contributed by atoms with E-state index >= 15 is 0 Å². The number of hydrogen-bond acceptors (Lipinski definition) is 2. The minimum Gasteiger partial charge on any atom is -0.355 e. The Morgan fingerprint density at radius 2 is 1.94 bits per heavy atom. The van der Waals surface area contributed by atoms with Crippen molar-refractivity contribution in [3.8, 4) is 0 Å². The number of allylic oxidation sites excluding steroid dienone is 2. The highest BCUT2D eigenvalue weighted by atomic mass is 16.1. The molecule has 1 amide bonds. The van der Waals surface area contributed by atoms with Crippen LogP contribution in [0.1, 0.15) is 46.5 Å². The molecule has 0 bridgehead atoms. The van der Waals surface area contributed by atoms with E-state index in [4.69, 9.17) is 0 Å². The third-order valence-electron chi connectivity index (χ3n) is 2.90. The molecule has 0 heterocycles. The average molecular weight is 240 g/mol. The summed E-state index contributed by atoms with van der Waals surface area (Å²) in [7, 11) is 0. The Hall–Kier alpha value is -0.830. The lowest BCUT2D eigenvalue weighted by Crippen LogP contribution is -2.34. The number of rotatable bonds is 10. The highest BCUT2D eigenvalue weighted by Gasteiger charge is 2.02. The van der Waals surface area contributed by atoms with Crippen LogP contribution >= 0.6 is 0 Å². The summed E-state index contributed by atoms with van der Waals surface area (Å²) in [5.74, 6) is 0.192. The largest absolute Gasteiger partial charge is 0.355 e. The van der Waals surface area contributed by atoms with E-state index in [0.29, 0.717) is 6.42 Å². The van der Waals surface area contributed by atoms with Gasteiger partial charge < -0.3 is 10.2 Å². The zero-order chi connectivity index (χ0) is 12.9. The lowest BCUT2D eigenvalue weighted by atomic mass is 10.2. The van der Waals surface area contributed by atoms with Gasteiger partial charge in [-0.05, 0) is 39.3 Å². The average Bonchev–Trinajstić information content (AvgIpc) is 2.34. The predicted octanol–water partition coefficient (Wildman–Crippen LogP) is 2.58. The zero-order valence-electron chi connectivity index (χ0n) is 11.7. The first-order valence-corrected chi connectivity index (χ1v) is 6.84. The molecular formula is C14H28N2O. The van der Waals surface area contributed by atoms with Crippen molar-refractivity contribution in [2.75, 3.05) is 26.2 Å². The third kappa shape index (κ3) is 10.1. The maximum Gasteiger partial charge on any atom is 0.220 e. The van der Waals surface area contributed by atoms with Crippen LogP contribution in [0.4, 0.5) is 0 Å². The normalized spacial score (nSPS) is 11.3. The summed E-state index contributed by atoms with van der Waals surface area (Å²) < 4.78 is 0. The minimum atomic E-state index is 0.192. The molecule has 0 aliphatic rings. The Bertz CT molecular complexity index is 210. The van der Waals surface area contributed by atoms with E-state index in [-0.39, 0.29) is 5.91 Å². The van der Waals surface area contributed by atoms with Crippen molar-refractivity contribution in [2.45, 2.75) is 46.5 Å². The van der Waals surface area contributed by atoms with Gasteiger partial charge >= 0.3 is 0 Å². The van der Waals surface area contributed by atoms with Crippen LogP contribution in [0.2, 0.25) is 0 Å². The van der Waals surface area contributed by atoms with Gasteiger partial charge in [0.05, 0.1) is 0 Å². The van der Waals surface area contributed by atoms with Gasteiger partial charge in [0.1, 0.15) is 0 Å². The molecule has 0 aliphatic carbocycles. The van der Waals surface area contributed by atoms with Crippen molar-refractivity contribution in [1.82, 2.24) is 10.2 Å². The predicted molar refractivity (Wildman–Crippen MR) is 74.1 cm³/mol. The van der Waals surface area contributed by atoms with E-state index in [9.17, 15) is 4.79 Å². The molecule has 0 rings (SSSR count). The Kier molecular flexibility index (Phi) is 11.1. The monoisotopic (exact) mass is 240 g/mol. The van der Waals surface area contributed by atoms with Gasteiger partial charge in [0.2, 0.25) is 5.91 Å².